The molecular weight excluding hydrogens is 408 g/mol. The van der Waals surface area contributed by atoms with Crippen LogP contribution < -0.4 is 9.62 Å². The zero-order valence-corrected chi connectivity index (χ0v) is 17.7. The van der Waals surface area contributed by atoms with Crippen molar-refractivity contribution in [3.05, 3.63) is 88.9 Å². The Hall–Kier alpha value is -2.83. The number of amides is 1. The third kappa shape index (κ3) is 4.44. The lowest BCUT2D eigenvalue weighted by atomic mass is 10.1. The zero-order chi connectivity index (χ0) is 21.0. The second kappa shape index (κ2) is 8.68. The SMILES string of the molecule is CCN(c1ccccc1)S(=O)(=O)c1cc(C(=O)Nc2ccccc2Cl)ccc1C. The first kappa shape index (κ1) is 20.9. The summed E-state index contributed by atoms with van der Waals surface area (Å²) in [6, 6.07) is 20.4. The standard InChI is InChI=1S/C22H21ClN2O3S/c1-3-25(18-9-5-4-6-10-18)29(27,28)21-15-17(14-13-16(21)2)22(26)24-20-12-8-7-11-19(20)23/h4-15H,3H2,1-2H3,(H,24,26). The molecule has 0 spiro atoms. The Labute approximate surface area is 176 Å². The lowest BCUT2D eigenvalue weighted by Crippen LogP contribution is -2.31. The maximum absolute atomic E-state index is 13.3. The molecule has 0 heterocycles. The van der Waals surface area contributed by atoms with Crippen LogP contribution in [0.5, 0.6) is 0 Å². The topological polar surface area (TPSA) is 66.5 Å². The summed E-state index contributed by atoms with van der Waals surface area (Å²) in [4.78, 5) is 12.8. The van der Waals surface area contributed by atoms with E-state index in [0.717, 1.165) is 0 Å². The fourth-order valence-electron chi connectivity index (χ4n) is 2.98. The number of carbonyl (C=O) groups is 1. The van der Waals surface area contributed by atoms with Crippen molar-refractivity contribution in [2.24, 2.45) is 0 Å². The van der Waals surface area contributed by atoms with E-state index < -0.39 is 15.9 Å². The summed E-state index contributed by atoms with van der Waals surface area (Å²) < 4.78 is 28.0. The number of halogens is 1. The van der Waals surface area contributed by atoms with Crippen LogP contribution in [0.25, 0.3) is 0 Å². The molecule has 0 fully saturated rings. The van der Waals surface area contributed by atoms with E-state index in [1.807, 2.05) is 6.07 Å². The van der Waals surface area contributed by atoms with E-state index in [4.69, 9.17) is 11.6 Å². The first-order valence-corrected chi connectivity index (χ1v) is 10.9. The third-order valence-electron chi connectivity index (χ3n) is 4.47. The van der Waals surface area contributed by atoms with E-state index in [1.165, 1.54) is 10.4 Å². The molecule has 0 saturated heterocycles. The number of hydrogen-bond donors (Lipinski definition) is 1. The van der Waals surface area contributed by atoms with Gasteiger partial charge in [-0.15, -0.1) is 0 Å². The van der Waals surface area contributed by atoms with Crippen molar-refractivity contribution < 1.29 is 13.2 Å². The number of sulfonamides is 1. The van der Waals surface area contributed by atoms with Crippen LogP contribution in [-0.4, -0.2) is 20.9 Å². The Morgan fingerprint density at radius 3 is 2.31 bits per heavy atom. The number of rotatable bonds is 6. The van der Waals surface area contributed by atoms with Crippen LogP contribution in [0.15, 0.2) is 77.7 Å². The summed E-state index contributed by atoms with van der Waals surface area (Å²) in [5.41, 5.74) is 1.83. The van der Waals surface area contributed by atoms with E-state index >= 15 is 0 Å². The van der Waals surface area contributed by atoms with Gasteiger partial charge >= 0.3 is 0 Å². The van der Waals surface area contributed by atoms with Crippen LogP contribution in [0.4, 0.5) is 11.4 Å². The molecule has 7 heteroatoms. The van der Waals surface area contributed by atoms with Crippen LogP contribution in [0.2, 0.25) is 5.02 Å². The van der Waals surface area contributed by atoms with Crippen LogP contribution in [0.3, 0.4) is 0 Å². The molecule has 0 atom stereocenters. The van der Waals surface area contributed by atoms with Gasteiger partial charge in [0.1, 0.15) is 0 Å². The minimum atomic E-state index is -3.84. The van der Waals surface area contributed by atoms with Gasteiger partial charge in [0.15, 0.2) is 0 Å². The van der Waals surface area contributed by atoms with Crippen molar-refractivity contribution in [1.82, 2.24) is 0 Å². The Morgan fingerprint density at radius 2 is 1.66 bits per heavy atom. The Bertz CT molecular complexity index is 1130. The average molecular weight is 429 g/mol. The normalized spacial score (nSPS) is 11.1. The zero-order valence-electron chi connectivity index (χ0n) is 16.1. The summed E-state index contributed by atoms with van der Waals surface area (Å²) in [7, 11) is -3.84. The maximum Gasteiger partial charge on any atom is 0.264 e. The number of para-hydroxylation sites is 2. The van der Waals surface area contributed by atoms with E-state index in [9.17, 15) is 13.2 Å². The number of benzene rings is 3. The molecule has 0 aromatic heterocycles. The fraction of sp³-hybridized carbons (Fsp3) is 0.136. The summed E-state index contributed by atoms with van der Waals surface area (Å²) in [5.74, 6) is -0.433. The Kier molecular flexibility index (Phi) is 6.25. The number of carbonyl (C=O) groups excluding carboxylic acids is 1. The van der Waals surface area contributed by atoms with Gasteiger partial charge in [0.2, 0.25) is 0 Å². The highest BCUT2D eigenvalue weighted by Crippen LogP contribution is 2.27. The summed E-state index contributed by atoms with van der Waals surface area (Å²) in [5, 5.41) is 3.12. The van der Waals surface area contributed by atoms with E-state index in [1.54, 1.807) is 74.5 Å². The van der Waals surface area contributed by atoms with Crippen molar-refractivity contribution in [2.45, 2.75) is 18.7 Å². The number of aryl methyl sites for hydroxylation is 1. The molecule has 3 rings (SSSR count). The van der Waals surface area contributed by atoms with Gasteiger partial charge in [0.25, 0.3) is 15.9 Å². The van der Waals surface area contributed by atoms with Crippen molar-refractivity contribution in [2.75, 3.05) is 16.2 Å². The highest BCUT2D eigenvalue weighted by atomic mass is 35.5. The largest absolute Gasteiger partial charge is 0.321 e. The summed E-state index contributed by atoms with van der Waals surface area (Å²) in [6.07, 6.45) is 0. The highest BCUT2D eigenvalue weighted by molar-refractivity contribution is 7.92. The fourth-order valence-corrected chi connectivity index (χ4v) is 4.89. The Balaban J connectivity index is 1.98. The van der Waals surface area contributed by atoms with Gasteiger partial charge in [-0.05, 0) is 55.8 Å². The van der Waals surface area contributed by atoms with Gasteiger partial charge < -0.3 is 5.32 Å². The minimum absolute atomic E-state index is 0.0926. The molecule has 150 valence electrons. The van der Waals surface area contributed by atoms with Crippen LogP contribution in [-0.2, 0) is 10.0 Å². The van der Waals surface area contributed by atoms with Crippen molar-refractivity contribution in [3.63, 3.8) is 0 Å². The van der Waals surface area contributed by atoms with Gasteiger partial charge in [0.05, 0.1) is 21.3 Å². The first-order chi connectivity index (χ1) is 13.8. The van der Waals surface area contributed by atoms with Gasteiger partial charge in [-0.2, -0.15) is 0 Å². The second-order valence-corrected chi connectivity index (χ2v) is 8.66. The van der Waals surface area contributed by atoms with Gasteiger partial charge in [-0.1, -0.05) is 48.0 Å². The predicted octanol–water partition coefficient (Wildman–Crippen LogP) is 5.12. The molecule has 0 aliphatic rings. The number of nitrogens with zero attached hydrogens (tertiary/aromatic N) is 1. The lowest BCUT2D eigenvalue weighted by Gasteiger charge is -2.24. The predicted molar refractivity (Wildman–Crippen MR) is 117 cm³/mol. The molecule has 0 bridgehead atoms. The molecule has 3 aromatic rings. The summed E-state index contributed by atoms with van der Waals surface area (Å²) in [6.45, 7) is 3.75. The molecule has 1 amide bonds. The molecule has 0 aliphatic heterocycles. The molecule has 0 radical (unpaired) electrons. The molecule has 29 heavy (non-hydrogen) atoms. The molecule has 0 unspecified atom stereocenters. The second-order valence-electron chi connectivity index (χ2n) is 6.42. The third-order valence-corrected chi connectivity index (χ3v) is 6.85. The monoisotopic (exact) mass is 428 g/mol. The van der Waals surface area contributed by atoms with Crippen LogP contribution in [0.1, 0.15) is 22.8 Å². The number of nitrogens with one attached hydrogen (secondary N) is 1. The quantitative estimate of drug-likeness (QED) is 0.592. The van der Waals surface area contributed by atoms with Crippen molar-refractivity contribution in [3.8, 4) is 0 Å². The van der Waals surface area contributed by atoms with Gasteiger partial charge in [0, 0.05) is 12.1 Å². The molecule has 0 saturated carbocycles. The Morgan fingerprint density at radius 1 is 1.00 bits per heavy atom. The van der Waals surface area contributed by atoms with Crippen molar-refractivity contribution in [1.29, 1.82) is 0 Å². The van der Waals surface area contributed by atoms with E-state index in [-0.39, 0.29) is 17.0 Å². The molecule has 1 N–H and O–H groups in total. The van der Waals surface area contributed by atoms with E-state index in [2.05, 4.69) is 5.32 Å². The molecule has 3 aromatic carbocycles. The summed E-state index contributed by atoms with van der Waals surface area (Å²) >= 11 is 6.10. The van der Waals surface area contributed by atoms with E-state index in [0.29, 0.717) is 22.0 Å². The van der Waals surface area contributed by atoms with Crippen LogP contribution >= 0.6 is 11.6 Å². The average Bonchev–Trinajstić information content (AvgIpc) is 2.71. The number of hydrogen-bond acceptors (Lipinski definition) is 3. The molecule has 0 aliphatic carbocycles. The minimum Gasteiger partial charge on any atom is -0.321 e. The first-order valence-electron chi connectivity index (χ1n) is 9.09. The molecule has 5 nitrogen and oxygen atoms in total. The van der Waals surface area contributed by atoms with Crippen LogP contribution in [0, 0.1) is 6.92 Å². The maximum atomic E-state index is 13.3. The molecular formula is C22H21ClN2O3S. The number of anilines is 2. The lowest BCUT2D eigenvalue weighted by molar-refractivity contribution is 0.102. The van der Waals surface area contributed by atoms with Crippen molar-refractivity contribution >= 4 is 38.9 Å². The highest BCUT2D eigenvalue weighted by Gasteiger charge is 2.26. The van der Waals surface area contributed by atoms with Gasteiger partial charge in [-0.3, -0.25) is 9.10 Å². The van der Waals surface area contributed by atoms with Gasteiger partial charge in [-0.25, -0.2) is 8.42 Å². The smallest absolute Gasteiger partial charge is 0.264 e.